The van der Waals surface area contributed by atoms with E-state index in [-0.39, 0.29) is 11.7 Å². The molecule has 3 rings (SSSR count). The summed E-state index contributed by atoms with van der Waals surface area (Å²) < 4.78 is 7.34. The van der Waals surface area contributed by atoms with Crippen LogP contribution in [0.2, 0.25) is 0 Å². The molecule has 2 aromatic heterocycles. The minimum absolute atomic E-state index is 0.0494. The monoisotopic (exact) mass is 295 g/mol. The van der Waals surface area contributed by atoms with Gasteiger partial charge in [-0.2, -0.15) is 0 Å². The molecule has 0 amide bonds. The van der Waals surface area contributed by atoms with Gasteiger partial charge >= 0.3 is 0 Å². The number of rotatable bonds is 4. The number of nitrogens with zero attached hydrogens (tertiary/aromatic N) is 3. The number of hydrogen-bond donors (Lipinski definition) is 0. The summed E-state index contributed by atoms with van der Waals surface area (Å²) in [6.45, 7) is 4.33. The number of hydrogen-bond acceptors (Lipinski definition) is 4. The first-order chi connectivity index (χ1) is 10.6. The molecule has 5 nitrogen and oxygen atoms in total. The van der Waals surface area contributed by atoms with E-state index >= 15 is 0 Å². The second kappa shape index (κ2) is 5.97. The number of pyridine rings is 1. The van der Waals surface area contributed by atoms with Crippen molar-refractivity contribution in [2.45, 2.75) is 26.5 Å². The Morgan fingerprint density at radius 1 is 1.32 bits per heavy atom. The molecule has 0 aliphatic rings. The zero-order chi connectivity index (χ0) is 15.5. The average molecular weight is 295 g/mol. The molecule has 0 fully saturated rings. The van der Waals surface area contributed by atoms with Crippen molar-refractivity contribution >= 4 is 10.9 Å². The normalized spacial score (nSPS) is 12.3. The van der Waals surface area contributed by atoms with E-state index in [1.54, 1.807) is 23.3 Å². The predicted octanol–water partition coefficient (Wildman–Crippen LogP) is 2.57. The summed E-state index contributed by atoms with van der Waals surface area (Å²) in [7, 11) is 0. The lowest BCUT2D eigenvalue weighted by atomic mass is 10.2. The Morgan fingerprint density at radius 3 is 2.95 bits per heavy atom. The van der Waals surface area contributed by atoms with E-state index in [1.807, 2.05) is 44.2 Å². The highest BCUT2D eigenvalue weighted by Gasteiger charge is 2.09. The van der Waals surface area contributed by atoms with Gasteiger partial charge in [-0.3, -0.25) is 14.3 Å². The fourth-order valence-electron chi connectivity index (χ4n) is 2.36. The third-order valence-electron chi connectivity index (χ3n) is 3.41. The molecule has 1 atom stereocenters. The molecule has 2 heterocycles. The van der Waals surface area contributed by atoms with Crippen LogP contribution in [0.5, 0.6) is 5.75 Å². The highest BCUT2D eigenvalue weighted by Crippen LogP contribution is 2.11. The first-order valence-electron chi connectivity index (χ1n) is 7.16. The van der Waals surface area contributed by atoms with Crippen LogP contribution in [0.3, 0.4) is 0 Å². The summed E-state index contributed by atoms with van der Waals surface area (Å²) in [5.74, 6) is 0.687. The maximum Gasteiger partial charge on any atom is 0.261 e. The highest BCUT2D eigenvalue weighted by atomic mass is 16.5. The lowest BCUT2D eigenvalue weighted by Crippen LogP contribution is -2.28. The van der Waals surface area contributed by atoms with E-state index in [0.29, 0.717) is 17.7 Å². The summed E-state index contributed by atoms with van der Waals surface area (Å²) in [5, 5.41) is 0.627. The van der Waals surface area contributed by atoms with Crippen molar-refractivity contribution in [1.82, 2.24) is 14.5 Å². The topological polar surface area (TPSA) is 57.0 Å². The molecule has 0 bridgehead atoms. The third-order valence-corrected chi connectivity index (χ3v) is 3.41. The third kappa shape index (κ3) is 2.98. The molecule has 0 unspecified atom stereocenters. The van der Waals surface area contributed by atoms with Crippen molar-refractivity contribution in [2.75, 3.05) is 0 Å². The summed E-state index contributed by atoms with van der Waals surface area (Å²) >= 11 is 0. The standard InChI is InChI=1S/C17H17N3O2/c1-12-5-6-15-16(8-12)19-11-20(17(15)21)10-13(2)22-14-4-3-7-18-9-14/h3-9,11,13H,10H2,1-2H3/t13-/m0/s1. The van der Waals surface area contributed by atoms with Crippen molar-refractivity contribution in [3.63, 3.8) is 0 Å². The van der Waals surface area contributed by atoms with Crippen LogP contribution in [0.1, 0.15) is 12.5 Å². The van der Waals surface area contributed by atoms with Crippen molar-refractivity contribution in [2.24, 2.45) is 0 Å². The van der Waals surface area contributed by atoms with Crippen molar-refractivity contribution < 1.29 is 4.74 Å². The van der Waals surface area contributed by atoms with Gasteiger partial charge in [0.2, 0.25) is 0 Å². The molecular weight excluding hydrogens is 278 g/mol. The lowest BCUT2D eigenvalue weighted by molar-refractivity contribution is 0.197. The summed E-state index contributed by atoms with van der Waals surface area (Å²) in [4.78, 5) is 20.8. The molecule has 5 heteroatoms. The maximum absolute atomic E-state index is 12.5. The molecule has 0 radical (unpaired) electrons. The Balaban J connectivity index is 1.83. The van der Waals surface area contributed by atoms with Gasteiger partial charge in [0.05, 0.1) is 30.0 Å². The van der Waals surface area contributed by atoms with Gasteiger partial charge in [0, 0.05) is 6.20 Å². The molecule has 0 spiro atoms. The Morgan fingerprint density at radius 2 is 2.18 bits per heavy atom. The highest BCUT2D eigenvalue weighted by molar-refractivity contribution is 5.77. The van der Waals surface area contributed by atoms with Gasteiger partial charge in [0.15, 0.2) is 0 Å². The van der Waals surface area contributed by atoms with Crippen molar-refractivity contribution in [3.05, 3.63) is 65.0 Å². The van der Waals surface area contributed by atoms with E-state index in [4.69, 9.17) is 4.74 Å². The van der Waals surface area contributed by atoms with Crippen LogP contribution in [0.15, 0.2) is 53.8 Å². The quantitative estimate of drug-likeness (QED) is 0.742. The zero-order valence-electron chi connectivity index (χ0n) is 12.6. The second-order valence-electron chi connectivity index (χ2n) is 5.34. The number of aromatic nitrogens is 3. The molecular formula is C17H17N3O2. The Bertz CT molecular complexity index is 843. The van der Waals surface area contributed by atoms with Crippen LogP contribution in [0.4, 0.5) is 0 Å². The fourth-order valence-corrected chi connectivity index (χ4v) is 2.36. The van der Waals surface area contributed by atoms with Gasteiger partial charge < -0.3 is 4.74 Å². The zero-order valence-corrected chi connectivity index (χ0v) is 12.6. The molecule has 0 aliphatic heterocycles. The van der Waals surface area contributed by atoms with Gasteiger partial charge in [0.25, 0.3) is 5.56 Å². The van der Waals surface area contributed by atoms with Gasteiger partial charge in [-0.15, -0.1) is 0 Å². The van der Waals surface area contributed by atoms with Gasteiger partial charge in [-0.1, -0.05) is 6.07 Å². The number of ether oxygens (including phenoxy) is 1. The summed E-state index contributed by atoms with van der Waals surface area (Å²) in [6, 6.07) is 9.31. The van der Waals surface area contributed by atoms with Crippen LogP contribution >= 0.6 is 0 Å². The van der Waals surface area contributed by atoms with Crippen LogP contribution in [0.25, 0.3) is 10.9 Å². The van der Waals surface area contributed by atoms with E-state index in [0.717, 1.165) is 11.1 Å². The fraction of sp³-hybridized carbons (Fsp3) is 0.235. The molecule has 0 saturated carbocycles. The molecule has 0 N–H and O–H groups in total. The molecule has 0 aliphatic carbocycles. The minimum atomic E-state index is -0.161. The molecule has 112 valence electrons. The van der Waals surface area contributed by atoms with E-state index in [1.165, 1.54) is 0 Å². The second-order valence-corrected chi connectivity index (χ2v) is 5.34. The average Bonchev–Trinajstić information content (AvgIpc) is 2.51. The summed E-state index contributed by atoms with van der Waals surface area (Å²) in [5.41, 5.74) is 1.76. The maximum atomic E-state index is 12.5. The van der Waals surface area contributed by atoms with Crippen LogP contribution in [0, 0.1) is 6.92 Å². The Hall–Kier alpha value is -2.69. The van der Waals surface area contributed by atoms with Crippen molar-refractivity contribution in [3.8, 4) is 5.75 Å². The van der Waals surface area contributed by atoms with Gasteiger partial charge in [-0.05, 0) is 43.7 Å². The molecule has 1 aromatic carbocycles. The molecule has 22 heavy (non-hydrogen) atoms. The number of aryl methyl sites for hydroxylation is 1. The smallest absolute Gasteiger partial charge is 0.261 e. The van der Waals surface area contributed by atoms with Crippen molar-refractivity contribution in [1.29, 1.82) is 0 Å². The summed E-state index contributed by atoms with van der Waals surface area (Å²) in [6.07, 6.45) is 4.76. The van der Waals surface area contributed by atoms with Gasteiger partial charge in [0.1, 0.15) is 11.9 Å². The lowest BCUT2D eigenvalue weighted by Gasteiger charge is -2.15. The van der Waals surface area contributed by atoms with Crippen LogP contribution in [-0.2, 0) is 6.54 Å². The molecule has 0 saturated heterocycles. The first-order valence-corrected chi connectivity index (χ1v) is 7.16. The Labute approximate surface area is 128 Å². The van der Waals surface area contributed by atoms with E-state index < -0.39 is 0 Å². The SMILES string of the molecule is Cc1ccc2c(=O)n(C[C@H](C)Oc3cccnc3)cnc2c1. The van der Waals surface area contributed by atoms with E-state index in [2.05, 4.69) is 9.97 Å². The predicted molar refractivity (Wildman–Crippen MR) is 85.1 cm³/mol. The van der Waals surface area contributed by atoms with Gasteiger partial charge in [-0.25, -0.2) is 4.98 Å². The number of benzene rings is 1. The largest absolute Gasteiger partial charge is 0.487 e. The van der Waals surface area contributed by atoms with Crippen LogP contribution < -0.4 is 10.3 Å². The number of fused-ring (bicyclic) bond motifs is 1. The van der Waals surface area contributed by atoms with E-state index in [9.17, 15) is 4.79 Å². The molecule has 3 aromatic rings. The Kier molecular flexibility index (Phi) is 3.87. The minimum Gasteiger partial charge on any atom is -0.487 e. The van der Waals surface area contributed by atoms with Crippen LogP contribution in [-0.4, -0.2) is 20.6 Å². The first kappa shape index (κ1) is 14.3.